The number of rotatable bonds is 5. The minimum absolute atomic E-state index is 0.0250. The number of hydrogen-bond acceptors (Lipinski definition) is 6. The van der Waals surface area contributed by atoms with Crippen LogP contribution in [0.2, 0.25) is 10.0 Å². The predicted octanol–water partition coefficient (Wildman–Crippen LogP) is 3.59. The van der Waals surface area contributed by atoms with Crippen molar-refractivity contribution in [1.29, 1.82) is 0 Å². The second-order valence-corrected chi connectivity index (χ2v) is 7.20. The number of carbonyl (C=O) groups is 2. The molecule has 3 rings (SSSR count). The summed E-state index contributed by atoms with van der Waals surface area (Å²) in [7, 11) is 0. The number of aromatic nitrogens is 2. The smallest absolute Gasteiger partial charge is 0.271 e. The van der Waals surface area contributed by atoms with Gasteiger partial charge in [-0.2, -0.15) is 0 Å². The Morgan fingerprint density at radius 1 is 1.00 bits per heavy atom. The van der Waals surface area contributed by atoms with E-state index in [4.69, 9.17) is 23.2 Å². The van der Waals surface area contributed by atoms with E-state index in [1.165, 1.54) is 29.5 Å². The lowest BCUT2D eigenvalue weighted by Gasteiger charge is -2.07. The molecule has 0 aliphatic heterocycles. The highest BCUT2D eigenvalue weighted by molar-refractivity contribution is 7.15. The molecule has 1 heterocycles. The van der Waals surface area contributed by atoms with Crippen LogP contribution in [-0.2, 0) is 11.2 Å². The fraction of sp³-hybridized carbons (Fsp3) is 0.0588. The van der Waals surface area contributed by atoms with Gasteiger partial charge in [-0.1, -0.05) is 52.7 Å². The fourth-order valence-electron chi connectivity index (χ4n) is 2.07. The predicted molar refractivity (Wildman–Crippen MR) is 105 cm³/mol. The fourth-order valence-corrected chi connectivity index (χ4v) is 3.32. The SMILES string of the molecule is O=C(Cc1nnc(Nc2ccccc2)s1)NNC(=O)c1ccc(Cl)cc1Cl. The zero-order valence-corrected chi connectivity index (χ0v) is 16.0. The van der Waals surface area contributed by atoms with Gasteiger partial charge in [0.05, 0.1) is 17.0 Å². The van der Waals surface area contributed by atoms with Gasteiger partial charge in [-0.05, 0) is 30.3 Å². The molecular formula is C17H13Cl2N5O2S. The molecule has 27 heavy (non-hydrogen) atoms. The number of nitrogens with zero attached hydrogens (tertiary/aromatic N) is 2. The van der Waals surface area contributed by atoms with Crippen molar-refractivity contribution in [3.63, 3.8) is 0 Å². The van der Waals surface area contributed by atoms with Gasteiger partial charge in [-0.25, -0.2) is 0 Å². The Kier molecular flexibility index (Phi) is 6.23. The number of carbonyl (C=O) groups excluding carboxylic acids is 2. The van der Waals surface area contributed by atoms with Crippen LogP contribution < -0.4 is 16.2 Å². The van der Waals surface area contributed by atoms with Crippen LogP contribution in [0.25, 0.3) is 0 Å². The molecule has 0 unspecified atom stereocenters. The molecule has 0 radical (unpaired) electrons. The Morgan fingerprint density at radius 3 is 2.52 bits per heavy atom. The average Bonchev–Trinajstić information content (AvgIpc) is 3.07. The first-order valence-corrected chi connectivity index (χ1v) is 9.27. The summed E-state index contributed by atoms with van der Waals surface area (Å²) in [5.41, 5.74) is 5.69. The highest BCUT2D eigenvalue weighted by atomic mass is 35.5. The molecule has 0 aliphatic carbocycles. The third-order valence-corrected chi connectivity index (χ3v) is 4.68. The van der Waals surface area contributed by atoms with Crippen molar-refractivity contribution < 1.29 is 9.59 Å². The average molecular weight is 422 g/mol. The Hall–Kier alpha value is -2.68. The lowest BCUT2D eigenvalue weighted by atomic mass is 10.2. The maximum absolute atomic E-state index is 12.1. The van der Waals surface area contributed by atoms with E-state index in [2.05, 4.69) is 26.4 Å². The normalized spacial score (nSPS) is 10.3. The number of amides is 2. The van der Waals surface area contributed by atoms with Gasteiger partial charge in [0.2, 0.25) is 11.0 Å². The van der Waals surface area contributed by atoms with Crippen molar-refractivity contribution in [2.75, 3.05) is 5.32 Å². The summed E-state index contributed by atoms with van der Waals surface area (Å²) in [4.78, 5) is 24.0. The van der Waals surface area contributed by atoms with Crippen LogP contribution in [0.5, 0.6) is 0 Å². The van der Waals surface area contributed by atoms with Gasteiger partial charge in [0.25, 0.3) is 5.91 Å². The summed E-state index contributed by atoms with van der Waals surface area (Å²) in [5, 5.41) is 12.7. The molecule has 0 bridgehead atoms. The van der Waals surface area contributed by atoms with Crippen LogP contribution in [-0.4, -0.2) is 22.0 Å². The topological polar surface area (TPSA) is 96.0 Å². The molecule has 1 aromatic heterocycles. The molecule has 0 saturated carbocycles. The van der Waals surface area contributed by atoms with Gasteiger partial charge < -0.3 is 5.32 Å². The maximum Gasteiger partial charge on any atom is 0.271 e. The molecule has 2 aromatic carbocycles. The molecule has 10 heteroatoms. The van der Waals surface area contributed by atoms with Crippen molar-refractivity contribution in [2.45, 2.75) is 6.42 Å². The van der Waals surface area contributed by atoms with E-state index < -0.39 is 11.8 Å². The Labute approximate surface area is 168 Å². The summed E-state index contributed by atoms with van der Waals surface area (Å²) in [5.74, 6) is -0.982. The van der Waals surface area contributed by atoms with Crippen molar-refractivity contribution >= 4 is 57.2 Å². The van der Waals surface area contributed by atoms with Crippen LogP contribution in [0.4, 0.5) is 10.8 Å². The van der Waals surface area contributed by atoms with E-state index in [0.717, 1.165) is 5.69 Å². The van der Waals surface area contributed by atoms with Crippen molar-refractivity contribution in [2.24, 2.45) is 0 Å². The second kappa shape index (κ2) is 8.81. The van der Waals surface area contributed by atoms with Gasteiger partial charge in [0, 0.05) is 10.7 Å². The quantitative estimate of drug-likeness (QED) is 0.547. The summed E-state index contributed by atoms with van der Waals surface area (Å²) < 4.78 is 0. The largest absolute Gasteiger partial charge is 0.330 e. The van der Waals surface area contributed by atoms with Gasteiger partial charge in [0.1, 0.15) is 5.01 Å². The van der Waals surface area contributed by atoms with E-state index in [1.54, 1.807) is 0 Å². The molecule has 0 aliphatic rings. The van der Waals surface area contributed by atoms with E-state index in [1.807, 2.05) is 30.3 Å². The lowest BCUT2D eigenvalue weighted by molar-refractivity contribution is -0.121. The van der Waals surface area contributed by atoms with Gasteiger partial charge in [-0.15, -0.1) is 10.2 Å². The van der Waals surface area contributed by atoms with Gasteiger partial charge in [-0.3, -0.25) is 20.4 Å². The van der Waals surface area contributed by atoms with Crippen molar-refractivity contribution in [3.05, 3.63) is 69.1 Å². The first kappa shape index (κ1) is 19.1. The number of anilines is 2. The summed E-state index contributed by atoms with van der Waals surface area (Å²) in [6, 6.07) is 13.9. The minimum Gasteiger partial charge on any atom is -0.330 e. The number of hydrazine groups is 1. The molecule has 138 valence electrons. The molecule has 3 N–H and O–H groups in total. The highest BCUT2D eigenvalue weighted by Crippen LogP contribution is 2.21. The summed E-state index contributed by atoms with van der Waals surface area (Å²) in [6.07, 6.45) is -0.0250. The first-order chi connectivity index (χ1) is 13.0. The van der Waals surface area contributed by atoms with Crippen molar-refractivity contribution in [3.8, 4) is 0 Å². The molecule has 0 saturated heterocycles. The Bertz CT molecular complexity index is 965. The maximum atomic E-state index is 12.1. The Balaban J connectivity index is 1.51. The standard InChI is InChI=1S/C17H13Cl2N5O2S/c18-10-6-7-12(13(19)8-10)16(26)23-21-14(25)9-15-22-24-17(27-15)20-11-4-2-1-3-5-11/h1-8H,9H2,(H,20,24)(H,21,25)(H,23,26). The number of halogens is 2. The highest BCUT2D eigenvalue weighted by Gasteiger charge is 2.13. The molecular weight excluding hydrogens is 409 g/mol. The summed E-state index contributed by atoms with van der Waals surface area (Å²) >= 11 is 13.0. The van der Waals surface area contributed by atoms with Crippen LogP contribution >= 0.6 is 34.5 Å². The molecule has 0 spiro atoms. The van der Waals surface area contributed by atoms with Crippen LogP contribution in [0.3, 0.4) is 0 Å². The molecule has 0 atom stereocenters. The van der Waals surface area contributed by atoms with Crippen molar-refractivity contribution in [1.82, 2.24) is 21.0 Å². The van der Waals surface area contributed by atoms with Crippen LogP contribution in [0.15, 0.2) is 48.5 Å². The van der Waals surface area contributed by atoms with E-state index in [0.29, 0.717) is 15.2 Å². The van der Waals surface area contributed by atoms with Gasteiger partial charge in [0.15, 0.2) is 0 Å². The first-order valence-electron chi connectivity index (χ1n) is 7.70. The summed E-state index contributed by atoms with van der Waals surface area (Å²) in [6.45, 7) is 0. The minimum atomic E-state index is -0.547. The van der Waals surface area contributed by atoms with E-state index in [9.17, 15) is 9.59 Å². The molecule has 0 fully saturated rings. The zero-order valence-electron chi connectivity index (χ0n) is 13.7. The second-order valence-electron chi connectivity index (χ2n) is 5.30. The number of hydrogen-bond donors (Lipinski definition) is 3. The van der Waals surface area contributed by atoms with E-state index in [-0.39, 0.29) is 17.0 Å². The number of para-hydroxylation sites is 1. The third-order valence-electron chi connectivity index (χ3n) is 3.29. The Morgan fingerprint density at radius 2 is 1.78 bits per heavy atom. The zero-order chi connectivity index (χ0) is 19.2. The monoisotopic (exact) mass is 421 g/mol. The van der Waals surface area contributed by atoms with Gasteiger partial charge >= 0.3 is 0 Å². The third kappa shape index (κ3) is 5.40. The van der Waals surface area contributed by atoms with E-state index >= 15 is 0 Å². The number of benzene rings is 2. The lowest BCUT2D eigenvalue weighted by Crippen LogP contribution is -2.42. The molecule has 2 amide bonds. The van der Waals surface area contributed by atoms with Crippen LogP contribution in [0, 0.1) is 0 Å². The molecule has 3 aromatic rings. The molecule has 7 nitrogen and oxygen atoms in total. The number of nitrogens with one attached hydrogen (secondary N) is 3. The van der Waals surface area contributed by atoms with Crippen LogP contribution in [0.1, 0.15) is 15.4 Å².